The highest BCUT2D eigenvalue weighted by Gasteiger charge is 2.09. The van der Waals surface area contributed by atoms with Crippen molar-refractivity contribution in [3.05, 3.63) is 60.5 Å². The van der Waals surface area contributed by atoms with Gasteiger partial charge in [-0.25, -0.2) is 0 Å². The molecule has 2 aromatic rings. The lowest BCUT2D eigenvalue weighted by Crippen LogP contribution is -2.43. The number of rotatable bonds is 4. The molecule has 0 aliphatic carbocycles. The summed E-state index contributed by atoms with van der Waals surface area (Å²) in [5, 5.41) is 0. The van der Waals surface area contributed by atoms with Crippen LogP contribution in [0.4, 0.5) is 0 Å². The summed E-state index contributed by atoms with van der Waals surface area (Å²) in [7, 11) is 0. The van der Waals surface area contributed by atoms with Crippen molar-refractivity contribution in [1.29, 1.82) is 0 Å². The Morgan fingerprint density at radius 2 is 1.87 bits per heavy atom. The number of hydrogen-bond donors (Lipinski definition) is 2. The Kier molecular flexibility index (Phi) is 6.85. The zero-order chi connectivity index (χ0) is 16.8. The average Bonchev–Trinajstić information content (AvgIpc) is 2.51. The molecule has 23 heavy (non-hydrogen) atoms. The van der Waals surface area contributed by atoms with Crippen LogP contribution >= 0.6 is 54.5 Å². The molecular formula is C15H11Br2IN2O3. The summed E-state index contributed by atoms with van der Waals surface area (Å²) in [4.78, 5) is 23.6. The Bertz CT molecular complexity index is 740. The number of hydrogen-bond acceptors (Lipinski definition) is 3. The van der Waals surface area contributed by atoms with Gasteiger partial charge in [-0.2, -0.15) is 0 Å². The minimum Gasteiger partial charge on any atom is -0.483 e. The molecule has 0 saturated carbocycles. The Hall–Kier alpha value is -1.13. The average molecular weight is 554 g/mol. The number of amides is 2. The van der Waals surface area contributed by atoms with Gasteiger partial charge in [-0.3, -0.25) is 20.4 Å². The van der Waals surface area contributed by atoms with E-state index in [2.05, 4.69) is 65.3 Å². The van der Waals surface area contributed by atoms with Crippen molar-refractivity contribution < 1.29 is 14.3 Å². The van der Waals surface area contributed by atoms with Crippen molar-refractivity contribution in [1.82, 2.24) is 10.9 Å². The predicted octanol–water partition coefficient (Wildman–Crippen LogP) is 3.66. The van der Waals surface area contributed by atoms with E-state index in [1.165, 1.54) is 0 Å². The monoisotopic (exact) mass is 552 g/mol. The molecule has 120 valence electrons. The smallest absolute Gasteiger partial charge is 0.276 e. The van der Waals surface area contributed by atoms with Crippen molar-refractivity contribution in [2.24, 2.45) is 0 Å². The van der Waals surface area contributed by atoms with Crippen molar-refractivity contribution in [3.63, 3.8) is 0 Å². The van der Waals surface area contributed by atoms with Crippen LogP contribution in [0.25, 0.3) is 0 Å². The van der Waals surface area contributed by atoms with Gasteiger partial charge >= 0.3 is 0 Å². The van der Waals surface area contributed by atoms with E-state index in [0.29, 0.717) is 11.3 Å². The van der Waals surface area contributed by atoms with E-state index in [4.69, 9.17) is 4.74 Å². The number of carbonyl (C=O) groups excluding carboxylic acids is 2. The molecule has 0 aliphatic heterocycles. The van der Waals surface area contributed by atoms with Crippen LogP contribution in [0.15, 0.2) is 51.4 Å². The lowest BCUT2D eigenvalue weighted by molar-refractivity contribution is -0.123. The molecule has 0 heterocycles. The molecule has 0 radical (unpaired) electrons. The number of ether oxygens (including phenoxy) is 1. The summed E-state index contributed by atoms with van der Waals surface area (Å²) in [6.07, 6.45) is 0. The summed E-state index contributed by atoms with van der Waals surface area (Å²) >= 11 is 8.78. The Balaban J connectivity index is 1.82. The Morgan fingerprint density at radius 1 is 1.09 bits per heavy atom. The SMILES string of the molecule is O=C(COc1ccc(Br)cc1Br)NNC(=O)c1cccc(I)c1. The van der Waals surface area contributed by atoms with E-state index < -0.39 is 5.91 Å². The highest BCUT2D eigenvalue weighted by atomic mass is 127. The highest BCUT2D eigenvalue weighted by Crippen LogP contribution is 2.27. The zero-order valence-corrected chi connectivity index (χ0v) is 16.9. The van der Waals surface area contributed by atoms with E-state index in [9.17, 15) is 9.59 Å². The van der Waals surface area contributed by atoms with Gasteiger partial charge in [0.2, 0.25) is 0 Å². The van der Waals surface area contributed by atoms with Gasteiger partial charge in [0.1, 0.15) is 5.75 Å². The first kappa shape index (κ1) is 18.2. The molecule has 0 aromatic heterocycles. The van der Waals surface area contributed by atoms with Gasteiger partial charge in [-0.1, -0.05) is 22.0 Å². The molecule has 0 aliphatic rings. The van der Waals surface area contributed by atoms with Crippen LogP contribution in [0, 0.1) is 3.57 Å². The third kappa shape index (κ3) is 5.78. The molecule has 2 rings (SSSR count). The second kappa shape index (κ2) is 8.65. The summed E-state index contributed by atoms with van der Waals surface area (Å²) in [6, 6.07) is 12.4. The molecule has 0 saturated heterocycles. The summed E-state index contributed by atoms with van der Waals surface area (Å²) < 4.78 is 7.93. The molecule has 5 nitrogen and oxygen atoms in total. The van der Waals surface area contributed by atoms with Gasteiger partial charge in [0, 0.05) is 13.6 Å². The standard InChI is InChI=1S/C15H11Br2IN2O3/c16-10-4-5-13(12(17)7-10)23-8-14(21)19-20-15(22)9-2-1-3-11(18)6-9/h1-7H,8H2,(H,19,21)(H,20,22). The van der Waals surface area contributed by atoms with Crippen LogP contribution in [0.5, 0.6) is 5.75 Å². The second-order valence-corrected chi connectivity index (χ2v) is 7.39. The van der Waals surface area contributed by atoms with Crippen molar-refractivity contribution in [2.45, 2.75) is 0 Å². The lowest BCUT2D eigenvalue weighted by Gasteiger charge is -2.10. The topological polar surface area (TPSA) is 67.4 Å². The number of hydrazine groups is 1. The first-order chi connectivity index (χ1) is 11.0. The maximum atomic E-state index is 11.9. The molecule has 2 aromatic carbocycles. The van der Waals surface area contributed by atoms with Gasteiger partial charge in [0.05, 0.1) is 4.47 Å². The molecule has 0 bridgehead atoms. The van der Waals surface area contributed by atoms with E-state index in [1.807, 2.05) is 12.1 Å². The van der Waals surface area contributed by atoms with Crippen LogP contribution in [-0.2, 0) is 4.79 Å². The quantitative estimate of drug-likeness (QED) is 0.449. The second-order valence-electron chi connectivity index (χ2n) is 4.38. The summed E-state index contributed by atoms with van der Waals surface area (Å²) in [5.74, 6) is -0.312. The lowest BCUT2D eigenvalue weighted by atomic mass is 10.2. The van der Waals surface area contributed by atoms with Crippen LogP contribution < -0.4 is 15.6 Å². The first-order valence-corrected chi connectivity index (χ1v) is 9.05. The molecule has 8 heteroatoms. The fourth-order valence-electron chi connectivity index (χ4n) is 1.60. The molecular weight excluding hydrogens is 543 g/mol. The fourth-order valence-corrected chi connectivity index (χ4v) is 3.30. The normalized spacial score (nSPS) is 10.0. The van der Waals surface area contributed by atoms with Gasteiger partial charge < -0.3 is 4.74 Å². The molecule has 0 spiro atoms. The first-order valence-electron chi connectivity index (χ1n) is 6.38. The minimum absolute atomic E-state index is 0.215. The predicted molar refractivity (Wildman–Crippen MR) is 102 cm³/mol. The van der Waals surface area contributed by atoms with Crippen molar-refractivity contribution in [2.75, 3.05) is 6.61 Å². The highest BCUT2D eigenvalue weighted by molar-refractivity contribution is 14.1. The summed E-state index contributed by atoms with van der Waals surface area (Å²) in [6.45, 7) is -0.215. The van der Waals surface area contributed by atoms with Gasteiger partial charge in [0.25, 0.3) is 11.8 Å². The number of halogens is 3. The Labute approximate surface area is 163 Å². The molecule has 0 atom stereocenters. The van der Waals surface area contributed by atoms with E-state index >= 15 is 0 Å². The largest absolute Gasteiger partial charge is 0.483 e. The van der Waals surface area contributed by atoms with E-state index in [0.717, 1.165) is 12.5 Å². The summed E-state index contributed by atoms with van der Waals surface area (Å²) in [5.41, 5.74) is 5.12. The zero-order valence-electron chi connectivity index (χ0n) is 11.6. The molecule has 0 fully saturated rings. The molecule has 0 unspecified atom stereocenters. The van der Waals surface area contributed by atoms with Crippen LogP contribution in [0.1, 0.15) is 10.4 Å². The maximum absolute atomic E-state index is 11.9. The third-order valence-electron chi connectivity index (χ3n) is 2.65. The van der Waals surface area contributed by atoms with Crippen molar-refractivity contribution in [3.8, 4) is 5.75 Å². The minimum atomic E-state index is -0.459. The molecule has 2 amide bonds. The van der Waals surface area contributed by atoms with Crippen molar-refractivity contribution >= 4 is 66.3 Å². The Morgan fingerprint density at radius 3 is 2.57 bits per heavy atom. The number of nitrogens with one attached hydrogen (secondary N) is 2. The van der Waals surface area contributed by atoms with Crippen LogP contribution in [0.2, 0.25) is 0 Å². The molecule has 2 N–H and O–H groups in total. The third-order valence-corrected chi connectivity index (χ3v) is 4.44. The van der Waals surface area contributed by atoms with E-state index in [-0.39, 0.29) is 12.5 Å². The maximum Gasteiger partial charge on any atom is 0.276 e. The van der Waals surface area contributed by atoms with Crippen LogP contribution in [-0.4, -0.2) is 18.4 Å². The number of carbonyl (C=O) groups is 2. The van der Waals surface area contributed by atoms with E-state index in [1.54, 1.807) is 30.3 Å². The fraction of sp³-hybridized carbons (Fsp3) is 0.0667. The number of benzene rings is 2. The van der Waals surface area contributed by atoms with Gasteiger partial charge in [-0.15, -0.1) is 0 Å². The van der Waals surface area contributed by atoms with Gasteiger partial charge in [0.15, 0.2) is 6.61 Å². The van der Waals surface area contributed by atoms with Gasteiger partial charge in [-0.05, 0) is 74.9 Å². The van der Waals surface area contributed by atoms with Crippen LogP contribution in [0.3, 0.4) is 0 Å².